The first-order chi connectivity index (χ1) is 40.2. The summed E-state index contributed by atoms with van der Waals surface area (Å²) in [6.45, 7) is 41.8. The van der Waals surface area contributed by atoms with E-state index in [1.54, 1.807) is 61.2 Å². The van der Waals surface area contributed by atoms with Gasteiger partial charge in [0.25, 0.3) is 0 Å². The topological polar surface area (TPSA) is 229 Å². The van der Waals surface area contributed by atoms with Crippen LogP contribution in [0.5, 0.6) is 11.5 Å². The Bertz CT molecular complexity index is 3400. The Balaban J connectivity index is 0.000000181. The summed E-state index contributed by atoms with van der Waals surface area (Å²) in [6.07, 6.45) is 6.63. The molecule has 4 unspecified atom stereocenters. The summed E-state index contributed by atoms with van der Waals surface area (Å²) < 4.78 is 59.5. The van der Waals surface area contributed by atoms with Crippen molar-refractivity contribution in [3.05, 3.63) is 93.2 Å². The van der Waals surface area contributed by atoms with E-state index in [9.17, 15) is 29.7 Å². The van der Waals surface area contributed by atoms with Gasteiger partial charge in [-0.05, 0) is 99.3 Å². The highest BCUT2D eigenvalue weighted by atomic mass is 28.4. The summed E-state index contributed by atoms with van der Waals surface area (Å²) in [5, 5.41) is 35.6. The van der Waals surface area contributed by atoms with Gasteiger partial charge in [0, 0.05) is 111 Å². The second kappa shape index (κ2) is 20.7. The Morgan fingerprint density at radius 3 is 1.36 bits per heavy atom. The largest absolute Gasteiger partial charge is 0.484 e. The fourth-order valence-corrected chi connectivity index (χ4v) is 30.0. The SMILES string of the molecule is CC(=O)O[C@H]1CC2[C@](C)(CC[C@@H]3O[Si](C(C)(C)C)(C(C)(C)C)OC[C@@]23C)C2[C@@H](O)c3c(cc(-c4cccnc4)oc3=O)O[C@@]21C.CC(C)(C)[Si]1(C(C)(C)C)OC[C@@]2(C)C3C[C@H](O)[C@@]4(C)Oc5cc(-c6cccnc6)oc(=O)c5[C@H](O)C4[C@@]3(C)CC[C@@H]2O1. The van der Waals surface area contributed by atoms with Gasteiger partial charge < -0.3 is 56.1 Å². The van der Waals surface area contributed by atoms with Gasteiger partial charge in [0.05, 0.1) is 30.5 Å². The molecular weight excluding hydrogens is 1140 g/mol. The molecule has 12 rings (SSSR count). The summed E-state index contributed by atoms with van der Waals surface area (Å²) in [6, 6.07) is 10.4. The fraction of sp³-hybridized carbons (Fsp3) is 0.691. The highest BCUT2D eigenvalue weighted by Gasteiger charge is 2.75. The molecule has 87 heavy (non-hydrogen) atoms. The lowest BCUT2D eigenvalue weighted by Gasteiger charge is -2.69. The van der Waals surface area contributed by atoms with Gasteiger partial charge in [-0.3, -0.25) is 14.8 Å². The van der Waals surface area contributed by atoms with Crippen molar-refractivity contribution in [1.82, 2.24) is 9.97 Å². The zero-order chi connectivity index (χ0) is 63.6. The quantitative estimate of drug-likeness (QED) is 0.128. The minimum absolute atomic E-state index is 0.0213. The number of hydrogen-bond donors (Lipinski definition) is 3. The van der Waals surface area contributed by atoms with E-state index in [4.69, 9.17) is 40.7 Å². The Kier molecular flexibility index (Phi) is 15.2. The maximum atomic E-state index is 13.6. The highest BCUT2D eigenvalue weighted by molar-refractivity contribution is 6.74. The van der Waals surface area contributed by atoms with Crippen LogP contribution < -0.4 is 20.7 Å². The lowest BCUT2D eigenvalue weighted by atomic mass is 9.42. The molecule has 4 aromatic heterocycles. The summed E-state index contributed by atoms with van der Waals surface area (Å²) in [4.78, 5) is 47.9. The predicted molar refractivity (Wildman–Crippen MR) is 332 cm³/mol. The number of esters is 1. The fourth-order valence-electron chi connectivity index (χ4n) is 19.6. The third-order valence-corrected chi connectivity index (χ3v) is 33.4. The molecule has 0 bridgehead atoms. The van der Waals surface area contributed by atoms with Crippen molar-refractivity contribution in [2.24, 2.45) is 45.3 Å². The smallest absolute Gasteiger partial charge is 0.349 e. The Hall–Kier alpha value is -4.58. The monoisotopic (exact) mass is 1240 g/mol. The van der Waals surface area contributed by atoms with Crippen LogP contribution in [-0.4, -0.2) is 97.2 Å². The molecule has 8 aliphatic rings. The van der Waals surface area contributed by atoms with E-state index in [2.05, 4.69) is 121 Å². The number of rotatable bonds is 3. The maximum absolute atomic E-state index is 13.6. The van der Waals surface area contributed by atoms with Gasteiger partial charge in [-0.1, -0.05) is 111 Å². The van der Waals surface area contributed by atoms with Crippen LogP contribution in [0, 0.1) is 45.3 Å². The minimum Gasteiger partial charge on any atom is -0.484 e. The van der Waals surface area contributed by atoms with Gasteiger partial charge in [0.15, 0.2) is 0 Å². The van der Waals surface area contributed by atoms with Crippen LogP contribution in [0.1, 0.15) is 193 Å². The zero-order valence-corrected chi connectivity index (χ0v) is 56.8. The van der Waals surface area contributed by atoms with Crippen molar-refractivity contribution in [3.63, 3.8) is 0 Å². The zero-order valence-electron chi connectivity index (χ0n) is 54.8. The van der Waals surface area contributed by atoms with Crippen LogP contribution in [0.25, 0.3) is 22.6 Å². The molecule has 4 aliphatic carbocycles. The molecule has 476 valence electrons. The molecule has 8 heterocycles. The second-order valence-corrected chi connectivity index (χ2v) is 42.1. The van der Waals surface area contributed by atoms with Gasteiger partial charge in [0.1, 0.15) is 51.5 Å². The van der Waals surface area contributed by atoms with E-state index in [0.717, 1.165) is 25.7 Å². The van der Waals surface area contributed by atoms with Crippen molar-refractivity contribution in [1.29, 1.82) is 0 Å². The second-order valence-electron chi connectivity index (χ2n) is 32.6. The molecule has 0 amide bonds. The summed E-state index contributed by atoms with van der Waals surface area (Å²) in [7, 11) is -5.42. The van der Waals surface area contributed by atoms with Crippen LogP contribution in [-0.2, 0) is 27.2 Å². The Morgan fingerprint density at radius 1 is 0.586 bits per heavy atom. The highest BCUT2D eigenvalue weighted by Crippen LogP contribution is 2.72. The van der Waals surface area contributed by atoms with Gasteiger partial charge in [-0.15, -0.1) is 0 Å². The summed E-state index contributed by atoms with van der Waals surface area (Å²) in [5.41, 5.74) is -3.78. The van der Waals surface area contributed by atoms with E-state index in [1.807, 2.05) is 13.8 Å². The molecule has 3 N–H and O–H groups in total. The molecule has 4 aliphatic heterocycles. The first kappa shape index (κ1) is 64.0. The first-order valence-corrected chi connectivity index (χ1v) is 35.2. The molecule has 4 saturated carbocycles. The molecule has 16 atom stereocenters. The number of carbonyl (C=O) groups is 1. The van der Waals surface area contributed by atoms with Crippen molar-refractivity contribution in [3.8, 4) is 34.1 Å². The van der Waals surface area contributed by atoms with Crippen molar-refractivity contribution >= 4 is 23.1 Å². The van der Waals surface area contributed by atoms with Crippen LogP contribution >= 0.6 is 0 Å². The molecular formula is C68H96N2O15Si2. The minimum atomic E-state index is -2.73. The van der Waals surface area contributed by atoms with Crippen LogP contribution in [0.2, 0.25) is 20.2 Å². The number of hydrogen-bond acceptors (Lipinski definition) is 17. The predicted octanol–water partition coefficient (Wildman–Crippen LogP) is 12.9. The van der Waals surface area contributed by atoms with E-state index < -0.39 is 98.0 Å². The third-order valence-electron chi connectivity index (χ3n) is 23.1. The number of nitrogens with zero attached hydrogens (tertiary/aromatic N) is 2. The molecule has 6 fully saturated rings. The van der Waals surface area contributed by atoms with Crippen molar-refractivity contribution < 1.29 is 60.9 Å². The molecule has 4 aromatic rings. The average Bonchev–Trinajstić information content (AvgIpc) is 0.696. The van der Waals surface area contributed by atoms with E-state index >= 15 is 0 Å². The number of fused-ring (bicyclic) bond motifs is 12. The number of aliphatic hydroxyl groups excluding tert-OH is 3. The Morgan fingerprint density at radius 2 is 0.977 bits per heavy atom. The number of aliphatic hydroxyl groups is 3. The van der Waals surface area contributed by atoms with Crippen molar-refractivity contribution in [2.45, 2.75) is 238 Å². The third kappa shape index (κ3) is 9.43. The van der Waals surface area contributed by atoms with E-state index in [0.29, 0.717) is 48.7 Å². The molecule has 0 aromatic carbocycles. The average molecular weight is 1240 g/mol. The van der Waals surface area contributed by atoms with Gasteiger partial charge in [0.2, 0.25) is 0 Å². The Labute approximate surface area is 515 Å². The van der Waals surface area contributed by atoms with Crippen LogP contribution in [0.15, 0.2) is 79.6 Å². The number of aromatic nitrogens is 2. The lowest BCUT2D eigenvalue weighted by Crippen LogP contribution is -2.74. The number of pyridine rings is 2. The standard InChI is InChI=1S/C35H49NO8Si.C33H47NO7Si/c1-20(37)41-26-17-24-33(8,14-13-25-34(24,9)19-40-45(44-25,31(2,3)4)32(5,6)7)29-28(38)27-23(43-35(26,29)10)16-22(42-30(27)39)21-12-11-15-36-18-21;1-29(2,3)42(30(4,5)6)38-18-32(8)22-16-23(35)33(9)27(31(22,7)13-12-24(32)41-42)26(36)25-21(40-33)15-20(39-28(25)37)19-11-10-14-34-17-19/h11-12,15-16,18,24-26,28-29,38H,13-14,17,19H2,1-10H3;10-11,14-15,17,22-24,26-27,35-36H,12-13,16,18H2,1-9H3/t24?,25-,26-,28-,29?,33-,34-,35+;22?,23-,24-,26-,27?,31-,32-,33+/m00/s1. The number of ether oxygens (including phenoxy) is 3. The summed E-state index contributed by atoms with van der Waals surface area (Å²) >= 11 is 0. The normalized spacial score (nSPS) is 38.2. The maximum Gasteiger partial charge on any atom is 0.349 e. The van der Waals surface area contributed by atoms with E-state index in [1.165, 1.54) is 6.92 Å². The van der Waals surface area contributed by atoms with Gasteiger partial charge >= 0.3 is 34.3 Å². The molecule has 0 spiro atoms. The lowest BCUT2D eigenvalue weighted by molar-refractivity contribution is -0.274. The number of carbonyl (C=O) groups excluding carboxylic acids is 1. The molecule has 19 heteroatoms. The van der Waals surface area contributed by atoms with Crippen LogP contribution in [0.3, 0.4) is 0 Å². The van der Waals surface area contributed by atoms with Gasteiger partial charge in [-0.25, -0.2) is 9.59 Å². The molecule has 2 saturated heterocycles. The van der Waals surface area contributed by atoms with Crippen LogP contribution in [0.4, 0.5) is 0 Å². The molecule has 17 nitrogen and oxygen atoms in total. The molecule has 0 radical (unpaired) electrons. The van der Waals surface area contributed by atoms with Crippen molar-refractivity contribution in [2.75, 3.05) is 13.2 Å². The van der Waals surface area contributed by atoms with E-state index in [-0.39, 0.29) is 72.2 Å². The first-order valence-electron chi connectivity index (χ1n) is 31.6. The summed E-state index contributed by atoms with van der Waals surface area (Å²) in [5.74, 6) is -0.504. The van der Waals surface area contributed by atoms with Gasteiger partial charge in [-0.2, -0.15) is 0 Å².